The molecule has 0 unspecified atom stereocenters. The van der Waals surface area contributed by atoms with Gasteiger partial charge in [-0.2, -0.15) is 10.2 Å². The fourth-order valence-corrected chi connectivity index (χ4v) is 5.01. The van der Waals surface area contributed by atoms with Gasteiger partial charge < -0.3 is 4.57 Å². The number of benzene rings is 2. The van der Waals surface area contributed by atoms with Crippen LogP contribution in [0.25, 0.3) is 43.2 Å². The Bertz CT molecular complexity index is 1420. The highest BCUT2D eigenvalue weighted by molar-refractivity contribution is 7.17. The van der Waals surface area contributed by atoms with E-state index in [1.165, 1.54) is 37.5 Å². The van der Waals surface area contributed by atoms with E-state index >= 15 is 0 Å². The van der Waals surface area contributed by atoms with Crippen molar-refractivity contribution in [3.05, 3.63) is 84.0 Å². The molecular weight excluding hydrogens is 362 g/mol. The zero-order valence-electron chi connectivity index (χ0n) is 15.2. The molecule has 1 aliphatic rings. The largest absolute Gasteiger partial charge is 0.307 e. The van der Waals surface area contributed by atoms with Gasteiger partial charge in [-0.15, -0.1) is 11.3 Å². The maximum atomic E-state index is 4.42. The predicted molar refractivity (Wildman–Crippen MR) is 118 cm³/mol. The van der Waals surface area contributed by atoms with E-state index in [4.69, 9.17) is 0 Å². The van der Waals surface area contributed by atoms with E-state index in [1.54, 1.807) is 11.3 Å². The zero-order chi connectivity index (χ0) is 18.5. The van der Waals surface area contributed by atoms with Gasteiger partial charge in [0.1, 0.15) is 0 Å². The smallest absolute Gasteiger partial charge is 0.0910 e. The Hall–Kier alpha value is -3.24. The lowest BCUT2D eigenvalue weighted by Gasteiger charge is -2.12. The normalized spacial score (nSPS) is 14.2. The summed E-state index contributed by atoms with van der Waals surface area (Å²) in [5, 5.41) is 14.8. The molecule has 0 amide bonds. The number of fused-ring (bicyclic) bond motifs is 5. The van der Waals surface area contributed by atoms with Gasteiger partial charge in [0.05, 0.1) is 28.6 Å². The Morgan fingerprint density at radius 3 is 2.86 bits per heavy atom. The highest BCUT2D eigenvalue weighted by Gasteiger charge is 2.16. The zero-order valence-corrected chi connectivity index (χ0v) is 16.0. The first-order valence-corrected chi connectivity index (χ1v) is 10.4. The fourth-order valence-electron chi connectivity index (χ4n) is 4.22. The van der Waals surface area contributed by atoms with Gasteiger partial charge in [0, 0.05) is 20.9 Å². The molecule has 3 aromatic heterocycles. The summed E-state index contributed by atoms with van der Waals surface area (Å²) < 4.78 is 3.65. The van der Waals surface area contributed by atoms with Gasteiger partial charge in [-0.1, -0.05) is 42.5 Å². The number of nitrogens with zero attached hydrogens (tertiary/aromatic N) is 3. The van der Waals surface area contributed by atoms with E-state index in [-0.39, 0.29) is 0 Å². The maximum absolute atomic E-state index is 4.42. The van der Waals surface area contributed by atoms with E-state index < -0.39 is 0 Å². The number of thiophene rings is 1. The van der Waals surface area contributed by atoms with Crippen molar-refractivity contribution in [1.29, 1.82) is 0 Å². The molecule has 28 heavy (non-hydrogen) atoms. The van der Waals surface area contributed by atoms with E-state index in [9.17, 15) is 0 Å². The van der Waals surface area contributed by atoms with Crippen LogP contribution in [0.4, 0.5) is 0 Å². The summed E-state index contributed by atoms with van der Waals surface area (Å²) in [6.45, 7) is 0. The molecule has 2 aromatic carbocycles. The standard InChI is InChI=1S/C24H17N3S/c1-2-6-16(7-3-1)21-14-17(15-25-26-21)27-22-9-5-4-8-18(22)19-10-11-23-20(24(19)27)12-13-28-23/h1-2,4-6,8-15H,3,7H2. The van der Waals surface area contributed by atoms with Gasteiger partial charge in [0.15, 0.2) is 0 Å². The molecule has 0 fully saturated rings. The summed E-state index contributed by atoms with van der Waals surface area (Å²) >= 11 is 1.78. The third-order valence-electron chi connectivity index (χ3n) is 5.51. The minimum atomic E-state index is 0.963. The average Bonchev–Trinajstić information content (AvgIpc) is 3.37. The highest BCUT2D eigenvalue weighted by Crippen LogP contribution is 2.38. The highest BCUT2D eigenvalue weighted by atomic mass is 32.1. The van der Waals surface area contributed by atoms with Gasteiger partial charge in [0.25, 0.3) is 0 Å². The summed E-state index contributed by atoms with van der Waals surface area (Å²) in [6, 6.07) is 17.5. The Morgan fingerprint density at radius 1 is 0.964 bits per heavy atom. The lowest BCUT2D eigenvalue weighted by atomic mass is 10.0. The van der Waals surface area contributed by atoms with Crippen molar-refractivity contribution in [2.24, 2.45) is 0 Å². The van der Waals surface area contributed by atoms with Crippen LogP contribution in [-0.2, 0) is 0 Å². The molecule has 0 spiro atoms. The van der Waals surface area contributed by atoms with Crippen LogP contribution in [0.5, 0.6) is 0 Å². The molecule has 6 rings (SSSR count). The van der Waals surface area contributed by atoms with Crippen LogP contribution in [0.15, 0.2) is 78.3 Å². The van der Waals surface area contributed by atoms with Crippen molar-refractivity contribution in [3.8, 4) is 5.69 Å². The van der Waals surface area contributed by atoms with Crippen LogP contribution >= 0.6 is 11.3 Å². The molecule has 3 heterocycles. The third-order valence-corrected chi connectivity index (χ3v) is 6.39. The van der Waals surface area contributed by atoms with Gasteiger partial charge >= 0.3 is 0 Å². The number of para-hydroxylation sites is 1. The second kappa shape index (κ2) is 6.14. The average molecular weight is 379 g/mol. The molecule has 0 N–H and O–H groups in total. The summed E-state index contributed by atoms with van der Waals surface area (Å²) in [7, 11) is 0. The molecule has 0 saturated carbocycles. The van der Waals surface area contributed by atoms with Crippen LogP contribution in [0, 0.1) is 0 Å². The second-order valence-corrected chi connectivity index (χ2v) is 8.05. The van der Waals surface area contributed by atoms with E-state index in [2.05, 4.69) is 86.9 Å². The number of allylic oxidation sites excluding steroid dienone is 4. The monoisotopic (exact) mass is 379 g/mol. The van der Waals surface area contributed by atoms with Crippen molar-refractivity contribution in [3.63, 3.8) is 0 Å². The number of rotatable bonds is 2. The second-order valence-electron chi connectivity index (χ2n) is 7.10. The van der Waals surface area contributed by atoms with Crippen molar-refractivity contribution in [1.82, 2.24) is 14.8 Å². The first kappa shape index (κ1) is 15.8. The van der Waals surface area contributed by atoms with Crippen LogP contribution in [-0.4, -0.2) is 14.8 Å². The molecule has 5 aromatic rings. The summed E-state index contributed by atoms with van der Waals surface area (Å²) in [6.07, 6.45) is 10.4. The molecule has 0 aliphatic heterocycles. The number of hydrogen-bond acceptors (Lipinski definition) is 3. The Labute approximate surface area is 166 Å². The lowest BCUT2D eigenvalue weighted by Crippen LogP contribution is -2.00. The maximum Gasteiger partial charge on any atom is 0.0910 e. The van der Waals surface area contributed by atoms with Crippen molar-refractivity contribution in [2.45, 2.75) is 12.8 Å². The number of aromatic nitrogens is 3. The molecular formula is C24H17N3S. The van der Waals surface area contributed by atoms with Crippen molar-refractivity contribution < 1.29 is 0 Å². The van der Waals surface area contributed by atoms with Gasteiger partial charge in [0.2, 0.25) is 0 Å². The molecule has 3 nitrogen and oxygen atoms in total. The lowest BCUT2D eigenvalue weighted by molar-refractivity contribution is 0.956. The van der Waals surface area contributed by atoms with Crippen LogP contribution < -0.4 is 0 Å². The van der Waals surface area contributed by atoms with Gasteiger partial charge in [-0.05, 0) is 48.1 Å². The summed E-state index contributed by atoms with van der Waals surface area (Å²) in [5.74, 6) is 0. The van der Waals surface area contributed by atoms with E-state index in [0.717, 1.165) is 24.2 Å². The molecule has 4 heteroatoms. The third kappa shape index (κ3) is 2.28. The topological polar surface area (TPSA) is 30.7 Å². The van der Waals surface area contributed by atoms with E-state index in [1.807, 2.05) is 6.20 Å². The van der Waals surface area contributed by atoms with Crippen LogP contribution in [0.1, 0.15) is 18.5 Å². The Morgan fingerprint density at radius 2 is 1.93 bits per heavy atom. The SMILES string of the molecule is C1=CCCC(c2cc(-n3c4ccccc4c4ccc5sccc5c43)cnn2)=C1. The number of hydrogen-bond donors (Lipinski definition) is 0. The summed E-state index contributed by atoms with van der Waals surface area (Å²) in [5.41, 5.74) is 5.72. The Kier molecular flexibility index (Phi) is 3.46. The van der Waals surface area contributed by atoms with Gasteiger partial charge in [-0.3, -0.25) is 0 Å². The molecule has 0 atom stereocenters. The Balaban J connectivity index is 1.71. The van der Waals surface area contributed by atoms with Crippen molar-refractivity contribution >= 4 is 48.8 Å². The first-order valence-electron chi connectivity index (χ1n) is 9.49. The summed E-state index contributed by atoms with van der Waals surface area (Å²) in [4.78, 5) is 0. The quantitative estimate of drug-likeness (QED) is 0.349. The molecule has 0 saturated heterocycles. The first-order chi connectivity index (χ1) is 13.9. The van der Waals surface area contributed by atoms with E-state index in [0.29, 0.717) is 0 Å². The minimum Gasteiger partial charge on any atom is -0.307 e. The minimum absolute atomic E-state index is 0.963. The molecule has 1 aliphatic carbocycles. The van der Waals surface area contributed by atoms with Crippen molar-refractivity contribution in [2.75, 3.05) is 0 Å². The molecule has 134 valence electrons. The van der Waals surface area contributed by atoms with Crippen LogP contribution in [0.2, 0.25) is 0 Å². The van der Waals surface area contributed by atoms with Gasteiger partial charge in [-0.25, -0.2) is 0 Å². The van der Waals surface area contributed by atoms with Crippen LogP contribution in [0.3, 0.4) is 0 Å². The fraction of sp³-hybridized carbons (Fsp3) is 0.0833. The predicted octanol–water partition coefficient (Wildman–Crippen LogP) is 6.52. The molecule has 0 radical (unpaired) electrons. The molecule has 0 bridgehead atoms.